The minimum atomic E-state index is -4.10. The maximum atomic E-state index is 11.5. The Morgan fingerprint density at radius 3 is 1.92 bits per heavy atom. The first-order valence-electron chi connectivity index (χ1n) is 6.56. The molecular formula is C10H19NO10S3. The molecule has 14 heteroatoms. The molecule has 1 fully saturated rings. The number of nitrogens with one attached hydrogen (secondary N) is 1. The molecule has 0 aromatic rings. The topological polar surface area (TPSA) is 159 Å². The SMILES string of the molecule is CS(=O)(=O)OC[C@H](OS(C)(=O)=O)[C@H](OS(C)(=O)=O)[C@H]1CCC(=O)N1. The third-order valence-electron chi connectivity index (χ3n) is 2.82. The van der Waals surface area contributed by atoms with Crippen molar-refractivity contribution in [3.8, 4) is 0 Å². The highest BCUT2D eigenvalue weighted by Crippen LogP contribution is 2.21. The number of amides is 1. The zero-order valence-electron chi connectivity index (χ0n) is 13.2. The van der Waals surface area contributed by atoms with Gasteiger partial charge in [-0.2, -0.15) is 25.3 Å². The Bertz CT molecular complexity index is 770. The van der Waals surface area contributed by atoms with Crippen LogP contribution in [0, 0.1) is 0 Å². The van der Waals surface area contributed by atoms with Crippen LogP contribution in [0.5, 0.6) is 0 Å². The number of carbonyl (C=O) groups is 1. The number of carbonyl (C=O) groups excluding carboxylic acids is 1. The van der Waals surface area contributed by atoms with Crippen LogP contribution < -0.4 is 5.32 Å². The second-order valence-electron chi connectivity index (χ2n) is 5.31. The molecule has 3 atom stereocenters. The molecule has 1 N–H and O–H groups in total. The molecule has 1 heterocycles. The Morgan fingerprint density at radius 1 is 1.00 bits per heavy atom. The lowest BCUT2D eigenvalue weighted by molar-refractivity contribution is -0.119. The van der Waals surface area contributed by atoms with Crippen molar-refractivity contribution in [3.05, 3.63) is 0 Å². The van der Waals surface area contributed by atoms with Gasteiger partial charge in [-0.25, -0.2) is 0 Å². The van der Waals surface area contributed by atoms with Gasteiger partial charge in [0.25, 0.3) is 30.4 Å². The van der Waals surface area contributed by atoms with E-state index in [0.717, 1.165) is 12.5 Å². The summed E-state index contributed by atoms with van der Waals surface area (Å²) in [6.07, 6.45) is -0.699. The van der Waals surface area contributed by atoms with Crippen LogP contribution in [0.4, 0.5) is 0 Å². The molecule has 142 valence electrons. The second-order valence-corrected chi connectivity index (χ2v) is 10.2. The molecular weight excluding hydrogens is 390 g/mol. The lowest BCUT2D eigenvalue weighted by Crippen LogP contribution is -2.50. The van der Waals surface area contributed by atoms with E-state index in [0.29, 0.717) is 6.26 Å². The van der Waals surface area contributed by atoms with Crippen molar-refractivity contribution in [3.63, 3.8) is 0 Å². The first-order valence-corrected chi connectivity index (χ1v) is 12.0. The van der Waals surface area contributed by atoms with E-state index in [1.54, 1.807) is 0 Å². The molecule has 11 nitrogen and oxygen atoms in total. The molecule has 0 spiro atoms. The maximum Gasteiger partial charge on any atom is 0.264 e. The van der Waals surface area contributed by atoms with Gasteiger partial charge >= 0.3 is 0 Å². The fraction of sp³-hybridized carbons (Fsp3) is 0.900. The predicted molar refractivity (Wildman–Crippen MR) is 81.4 cm³/mol. The second kappa shape index (κ2) is 7.61. The van der Waals surface area contributed by atoms with Crippen molar-refractivity contribution in [2.24, 2.45) is 0 Å². The fourth-order valence-electron chi connectivity index (χ4n) is 2.07. The molecule has 0 aromatic heterocycles. The highest BCUT2D eigenvalue weighted by Gasteiger charge is 2.40. The van der Waals surface area contributed by atoms with Crippen molar-refractivity contribution in [2.45, 2.75) is 31.1 Å². The quantitative estimate of drug-likeness (QED) is 0.419. The normalized spacial score (nSPS) is 22.1. The molecule has 0 bridgehead atoms. The van der Waals surface area contributed by atoms with Crippen LogP contribution in [0.25, 0.3) is 0 Å². The Morgan fingerprint density at radius 2 is 1.54 bits per heavy atom. The lowest BCUT2D eigenvalue weighted by atomic mass is 10.0. The molecule has 24 heavy (non-hydrogen) atoms. The molecule has 1 rings (SSSR count). The summed E-state index contributed by atoms with van der Waals surface area (Å²) in [7, 11) is -12.1. The number of hydrogen-bond acceptors (Lipinski definition) is 10. The van der Waals surface area contributed by atoms with E-state index in [9.17, 15) is 30.0 Å². The van der Waals surface area contributed by atoms with Gasteiger partial charge in [0.1, 0.15) is 12.2 Å². The van der Waals surface area contributed by atoms with Crippen LogP contribution in [0.3, 0.4) is 0 Å². The van der Waals surface area contributed by atoms with Crippen molar-refractivity contribution < 1.29 is 42.6 Å². The van der Waals surface area contributed by atoms with E-state index >= 15 is 0 Å². The molecule has 0 unspecified atom stereocenters. The van der Waals surface area contributed by atoms with Crippen molar-refractivity contribution >= 4 is 36.3 Å². The first-order chi connectivity index (χ1) is 10.7. The molecule has 0 saturated carbocycles. The summed E-state index contributed by atoms with van der Waals surface area (Å²) in [5, 5.41) is 2.43. The van der Waals surface area contributed by atoms with E-state index in [1.807, 2.05) is 0 Å². The highest BCUT2D eigenvalue weighted by atomic mass is 32.2. The smallest absolute Gasteiger partial charge is 0.264 e. The Kier molecular flexibility index (Phi) is 6.74. The monoisotopic (exact) mass is 409 g/mol. The third-order valence-corrected chi connectivity index (χ3v) is 4.56. The highest BCUT2D eigenvalue weighted by molar-refractivity contribution is 7.86. The molecule has 1 amide bonds. The van der Waals surface area contributed by atoms with Gasteiger partial charge in [0.15, 0.2) is 0 Å². The summed E-state index contributed by atoms with van der Waals surface area (Å²) in [6.45, 7) is -0.807. The van der Waals surface area contributed by atoms with Gasteiger partial charge in [-0.3, -0.25) is 17.3 Å². The average Bonchev–Trinajstić information content (AvgIpc) is 2.75. The average molecular weight is 409 g/mol. The number of rotatable bonds is 9. The van der Waals surface area contributed by atoms with Gasteiger partial charge in [0.2, 0.25) is 5.91 Å². The predicted octanol–water partition coefficient (Wildman–Crippen LogP) is -2.07. The van der Waals surface area contributed by atoms with Crippen molar-refractivity contribution in [1.29, 1.82) is 0 Å². The van der Waals surface area contributed by atoms with Gasteiger partial charge < -0.3 is 5.32 Å². The van der Waals surface area contributed by atoms with E-state index in [2.05, 4.69) is 9.50 Å². The van der Waals surface area contributed by atoms with Gasteiger partial charge in [0.05, 0.1) is 31.4 Å². The van der Waals surface area contributed by atoms with Gasteiger partial charge in [-0.05, 0) is 6.42 Å². The molecule has 0 aliphatic carbocycles. The molecule has 0 aromatic carbocycles. The zero-order chi connectivity index (χ0) is 18.8. The van der Waals surface area contributed by atoms with Crippen LogP contribution in [0.15, 0.2) is 0 Å². The molecule has 0 radical (unpaired) electrons. The zero-order valence-corrected chi connectivity index (χ0v) is 15.6. The maximum absolute atomic E-state index is 11.5. The van der Waals surface area contributed by atoms with Crippen LogP contribution in [-0.4, -0.2) is 74.8 Å². The van der Waals surface area contributed by atoms with Crippen LogP contribution in [0.2, 0.25) is 0 Å². The van der Waals surface area contributed by atoms with E-state index < -0.39 is 55.2 Å². The number of hydrogen-bond donors (Lipinski definition) is 1. The standard InChI is InChI=1S/C10H19NO10S3/c1-22(13,14)19-6-8(20-23(2,15)16)10(21-24(3,17)18)7-4-5-9(12)11-7/h7-8,10H,4-6H2,1-3H3,(H,11,12)/t7-,8+,10-/m1/s1. The Balaban J connectivity index is 3.13. The van der Waals surface area contributed by atoms with Gasteiger partial charge in [0, 0.05) is 6.42 Å². The Hall–Kier alpha value is -0.800. The van der Waals surface area contributed by atoms with E-state index in [4.69, 9.17) is 8.37 Å². The molecule has 1 aliphatic rings. The largest absolute Gasteiger partial charge is 0.351 e. The van der Waals surface area contributed by atoms with Crippen molar-refractivity contribution in [2.75, 3.05) is 25.4 Å². The van der Waals surface area contributed by atoms with E-state index in [-0.39, 0.29) is 18.7 Å². The summed E-state index contributed by atoms with van der Waals surface area (Å²) in [5.74, 6) is -0.385. The van der Waals surface area contributed by atoms with E-state index in [1.165, 1.54) is 0 Å². The lowest BCUT2D eigenvalue weighted by Gasteiger charge is -2.29. The molecule has 1 aliphatic heterocycles. The van der Waals surface area contributed by atoms with Gasteiger partial charge in [-0.15, -0.1) is 0 Å². The van der Waals surface area contributed by atoms with Crippen LogP contribution >= 0.6 is 0 Å². The Labute approximate surface area is 141 Å². The summed E-state index contributed by atoms with van der Waals surface area (Å²) < 4.78 is 82.0. The minimum absolute atomic E-state index is 0.0762. The van der Waals surface area contributed by atoms with Gasteiger partial charge in [-0.1, -0.05) is 0 Å². The molecule has 1 saturated heterocycles. The first kappa shape index (κ1) is 21.2. The van der Waals surface area contributed by atoms with Crippen LogP contribution in [0.1, 0.15) is 12.8 Å². The summed E-state index contributed by atoms with van der Waals surface area (Å²) >= 11 is 0. The summed E-state index contributed by atoms with van der Waals surface area (Å²) in [4.78, 5) is 11.3. The minimum Gasteiger partial charge on any atom is -0.351 e. The fourth-order valence-corrected chi connectivity index (χ4v) is 3.72. The third kappa shape index (κ3) is 8.34. The van der Waals surface area contributed by atoms with Crippen molar-refractivity contribution in [1.82, 2.24) is 5.32 Å². The summed E-state index contributed by atoms with van der Waals surface area (Å²) in [6, 6.07) is -0.887. The van der Waals surface area contributed by atoms with Crippen LogP contribution in [-0.2, 0) is 47.7 Å². The summed E-state index contributed by atoms with van der Waals surface area (Å²) in [5.41, 5.74) is 0.